The first kappa shape index (κ1) is 20.8. The van der Waals surface area contributed by atoms with Gasteiger partial charge in [-0.15, -0.1) is 0 Å². The van der Waals surface area contributed by atoms with Gasteiger partial charge in [-0.3, -0.25) is 4.99 Å². The molecule has 1 rings (SSSR count). The SMILES string of the molecule is CC/C=C\C=C(/C)C(=NC/C=C(\C)NC(C)C)c1ccc(C)cc1O. The molecule has 3 heteroatoms. The van der Waals surface area contributed by atoms with Crippen molar-refractivity contribution >= 4 is 5.71 Å². The number of hydrogen-bond donors (Lipinski definition) is 2. The summed E-state index contributed by atoms with van der Waals surface area (Å²) in [6.07, 6.45) is 9.25. The lowest BCUT2D eigenvalue weighted by Gasteiger charge is -2.11. The van der Waals surface area contributed by atoms with Crippen molar-refractivity contribution in [2.75, 3.05) is 6.54 Å². The Morgan fingerprint density at radius 1 is 1.28 bits per heavy atom. The van der Waals surface area contributed by atoms with E-state index in [1.807, 2.05) is 45.1 Å². The first-order chi connectivity index (χ1) is 11.8. The number of nitrogens with one attached hydrogen (secondary N) is 1. The predicted molar refractivity (Wildman–Crippen MR) is 109 cm³/mol. The number of benzene rings is 1. The highest BCUT2D eigenvalue weighted by Crippen LogP contribution is 2.22. The van der Waals surface area contributed by atoms with Gasteiger partial charge in [0, 0.05) is 17.3 Å². The average Bonchev–Trinajstić information content (AvgIpc) is 2.52. The molecule has 0 unspecified atom stereocenters. The molecule has 2 N–H and O–H groups in total. The van der Waals surface area contributed by atoms with Crippen molar-refractivity contribution < 1.29 is 5.11 Å². The average molecular weight is 341 g/mol. The fourth-order valence-electron chi connectivity index (χ4n) is 2.48. The third-order valence-electron chi connectivity index (χ3n) is 3.66. The minimum Gasteiger partial charge on any atom is -0.507 e. The Kier molecular flexibility index (Phi) is 8.76. The van der Waals surface area contributed by atoms with Crippen LogP contribution >= 0.6 is 0 Å². The van der Waals surface area contributed by atoms with Crippen molar-refractivity contribution in [3.05, 3.63) is 64.9 Å². The molecule has 136 valence electrons. The van der Waals surface area contributed by atoms with E-state index in [1.165, 1.54) is 0 Å². The highest BCUT2D eigenvalue weighted by Gasteiger charge is 2.10. The number of nitrogens with zero attached hydrogens (tertiary/aromatic N) is 1. The Morgan fingerprint density at radius 2 is 2.00 bits per heavy atom. The lowest BCUT2D eigenvalue weighted by molar-refractivity contribution is 0.473. The summed E-state index contributed by atoms with van der Waals surface area (Å²) in [7, 11) is 0. The van der Waals surface area contributed by atoms with E-state index in [0.29, 0.717) is 12.6 Å². The number of aryl methyl sites for hydroxylation is 1. The van der Waals surface area contributed by atoms with E-state index in [-0.39, 0.29) is 5.75 Å². The van der Waals surface area contributed by atoms with Crippen molar-refractivity contribution in [2.24, 2.45) is 4.99 Å². The number of aliphatic imine (C=N–C) groups is 1. The summed E-state index contributed by atoms with van der Waals surface area (Å²) in [4.78, 5) is 4.75. The highest BCUT2D eigenvalue weighted by molar-refractivity contribution is 6.14. The standard InChI is InChI=1S/C22H32N2O/c1-7-8-9-10-18(5)22(20-12-11-17(4)15-21(20)25)23-14-13-19(6)24-16(2)3/h8-13,15-16,24-25H,7,14H2,1-6H3/b9-8-,18-10+,19-13+,23-22?. The molecule has 1 aromatic carbocycles. The smallest absolute Gasteiger partial charge is 0.125 e. The van der Waals surface area contributed by atoms with Gasteiger partial charge in [0.25, 0.3) is 0 Å². The second kappa shape index (κ2) is 10.5. The van der Waals surface area contributed by atoms with Crippen molar-refractivity contribution in [3.8, 4) is 5.75 Å². The molecule has 3 nitrogen and oxygen atoms in total. The van der Waals surface area contributed by atoms with Crippen LogP contribution in [0.1, 0.15) is 52.2 Å². The van der Waals surface area contributed by atoms with Gasteiger partial charge in [-0.25, -0.2) is 0 Å². The van der Waals surface area contributed by atoms with Crippen molar-refractivity contribution in [1.29, 1.82) is 0 Å². The maximum absolute atomic E-state index is 10.4. The molecule has 0 amide bonds. The van der Waals surface area contributed by atoms with Crippen LogP contribution in [0, 0.1) is 6.92 Å². The largest absolute Gasteiger partial charge is 0.507 e. The van der Waals surface area contributed by atoms with E-state index in [4.69, 9.17) is 4.99 Å². The van der Waals surface area contributed by atoms with Gasteiger partial charge in [-0.05, 0) is 70.4 Å². The van der Waals surface area contributed by atoms with E-state index in [1.54, 1.807) is 6.07 Å². The van der Waals surface area contributed by atoms with Crippen molar-refractivity contribution in [2.45, 2.75) is 54.0 Å². The van der Waals surface area contributed by atoms with Crippen LogP contribution in [0.3, 0.4) is 0 Å². The third-order valence-corrected chi connectivity index (χ3v) is 3.66. The van der Waals surface area contributed by atoms with Crippen LogP contribution in [-0.2, 0) is 0 Å². The molecule has 0 radical (unpaired) electrons. The van der Waals surface area contributed by atoms with Gasteiger partial charge in [0.1, 0.15) is 5.75 Å². The van der Waals surface area contributed by atoms with Crippen LogP contribution in [0.15, 0.2) is 58.8 Å². The highest BCUT2D eigenvalue weighted by atomic mass is 16.3. The van der Waals surface area contributed by atoms with Crippen LogP contribution in [-0.4, -0.2) is 23.4 Å². The predicted octanol–water partition coefficient (Wildman–Crippen LogP) is 5.30. The molecule has 1 aromatic rings. The van der Waals surface area contributed by atoms with Gasteiger partial charge >= 0.3 is 0 Å². The van der Waals surface area contributed by atoms with Crippen LogP contribution < -0.4 is 5.32 Å². The lowest BCUT2D eigenvalue weighted by atomic mass is 10.0. The molecular weight excluding hydrogens is 308 g/mol. The minimum atomic E-state index is 0.270. The van der Waals surface area contributed by atoms with Crippen molar-refractivity contribution in [1.82, 2.24) is 5.32 Å². The van der Waals surface area contributed by atoms with Gasteiger partial charge < -0.3 is 10.4 Å². The van der Waals surface area contributed by atoms with E-state index in [9.17, 15) is 5.11 Å². The molecule has 0 fully saturated rings. The molecule has 0 aliphatic rings. The monoisotopic (exact) mass is 340 g/mol. The molecule has 0 aliphatic heterocycles. The Hall–Kier alpha value is -2.29. The molecule has 0 aromatic heterocycles. The first-order valence-electron chi connectivity index (χ1n) is 8.96. The Labute approximate surface area is 152 Å². The normalized spacial score (nSPS) is 13.8. The molecule has 0 spiro atoms. The number of phenols is 1. The van der Waals surface area contributed by atoms with Crippen LogP contribution in [0.25, 0.3) is 0 Å². The number of hydrogen-bond acceptors (Lipinski definition) is 3. The molecule has 0 saturated carbocycles. The molecule has 0 atom stereocenters. The van der Waals surface area contributed by atoms with E-state index in [2.05, 4.69) is 38.2 Å². The fourth-order valence-corrected chi connectivity index (χ4v) is 2.48. The molecule has 0 bridgehead atoms. The van der Waals surface area contributed by atoms with Crippen LogP contribution in [0.4, 0.5) is 0 Å². The molecule has 25 heavy (non-hydrogen) atoms. The van der Waals surface area contributed by atoms with E-state index >= 15 is 0 Å². The van der Waals surface area contributed by atoms with Gasteiger partial charge in [0.15, 0.2) is 0 Å². The molecular formula is C22H32N2O. The summed E-state index contributed by atoms with van der Waals surface area (Å²) >= 11 is 0. The summed E-state index contributed by atoms with van der Waals surface area (Å²) in [5.74, 6) is 0.270. The summed E-state index contributed by atoms with van der Waals surface area (Å²) in [6.45, 7) is 12.9. The number of rotatable bonds is 8. The Bertz CT molecular complexity index is 679. The topological polar surface area (TPSA) is 44.6 Å². The van der Waals surface area contributed by atoms with Gasteiger partial charge in [0.2, 0.25) is 0 Å². The summed E-state index contributed by atoms with van der Waals surface area (Å²) < 4.78 is 0. The van der Waals surface area contributed by atoms with Crippen LogP contribution in [0.2, 0.25) is 0 Å². The minimum absolute atomic E-state index is 0.270. The van der Waals surface area contributed by atoms with Gasteiger partial charge in [-0.2, -0.15) is 0 Å². The van der Waals surface area contributed by atoms with Crippen molar-refractivity contribution in [3.63, 3.8) is 0 Å². The zero-order valence-electron chi connectivity index (χ0n) is 16.4. The number of allylic oxidation sites excluding steroid dienone is 5. The number of phenolic OH excluding ortho intramolecular Hbond substituents is 1. The molecule has 0 heterocycles. The second-order valence-electron chi connectivity index (χ2n) is 6.58. The first-order valence-corrected chi connectivity index (χ1v) is 8.96. The van der Waals surface area contributed by atoms with E-state index < -0.39 is 0 Å². The maximum Gasteiger partial charge on any atom is 0.125 e. The second-order valence-corrected chi connectivity index (χ2v) is 6.58. The summed E-state index contributed by atoms with van der Waals surface area (Å²) in [5.41, 5.74) is 4.77. The zero-order valence-corrected chi connectivity index (χ0v) is 16.4. The Balaban J connectivity index is 3.17. The quantitative estimate of drug-likeness (QED) is 0.498. The summed E-state index contributed by atoms with van der Waals surface area (Å²) in [5, 5.41) is 13.7. The molecule has 0 saturated heterocycles. The zero-order chi connectivity index (χ0) is 18.8. The van der Waals surface area contributed by atoms with Gasteiger partial charge in [0.05, 0.1) is 12.3 Å². The molecule has 0 aliphatic carbocycles. The summed E-state index contributed by atoms with van der Waals surface area (Å²) in [6, 6.07) is 6.12. The Morgan fingerprint density at radius 3 is 2.60 bits per heavy atom. The third kappa shape index (κ3) is 7.42. The number of aromatic hydroxyl groups is 1. The maximum atomic E-state index is 10.4. The lowest BCUT2D eigenvalue weighted by Crippen LogP contribution is -2.20. The van der Waals surface area contributed by atoms with E-state index in [0.717, 1.165) is 34.5 Å². The van der Waals surface area contributed by atoms with Gasteiger partial charge in [-0.1, -0.05) is 31.2 Å². The fraction of sp³-hybridized carbons (Fsp3) is 0.409. The van der Waals surface area contributed by atoms with Crippen LogP contribution in [0.5, 0.6) is 5.75 Å².